The summed E-state index contributed by atoms with van der Waals surface area (Å²) < 4.78 is 0. The highest BCUT2D eigenvalue weighted by Crippen LogP contribution is 2.24. The highest BCUT2D eigenvalue weighted by atomic mass is 35.5. The van der Waals surface area contributed by atoms with Gasteiger partial charge in [0.2, 0.25) is 0 Å². The summed E-state index contributed by atoms with van der Waals surface area (Å²) in [5.41, 5.74) is 0.890. The van der Waals surface area contributed by atoms with Crippen LogP contribution in [-0.2, 0) is 0 Å². The van der Waals surface area contributed by atoms with Gasteiger partial charge in [0.15, 0.2) is 0 Å². The lowest BCUT2D eigenvalue weighted by Gasteiger charge is -2.12. The van der Waals surface area contributed by atoms with Gasteiger partial charge in [-0.2, -0.15) is 0 Å². The minimum absolute atomic E-state index is 0.696. The van der Waals surface area contributed by atoms with Gasteiger partial charge in [-0.3, -0.25) is 0 Å². The summed E-state index contributed by atoms with van der Waals surface area (Å²) in [7, 11) is 4.06. The van der Waals surface area contributed by atoms with E-state index in [2.05, 4.69) is 10.2 Å². The SMILES string of the molecule is CN(C)CCNc1cc(Cl)ccc1Cl. The van der Waals surface area contributed by atoms with E-state index in [0.717, 1.165) is 18.8 Å². The lowest BCUT2D eigenvalue weighted by atomic mass is 10.3. The number of nitrogens with zero attached hydrogens (tertiary/aromatic N) is 1. The van der Waals surface area contributed by atoms with Crippen LogP contribution in [0.1, 0.15) is 0 Å². The molecule has 0 aliphatic carbocycles. The monoisotopic (exact) mass is 232 g/mol. The zero-order chi connectivity index (χ0) is 10.6. The molecule has 14 heavy (non-hydrogen) atoms. The molecule has 1 aromatic carbocycles. The molecule has 0 heterocycles. The first-order valence-electron chi connectivity index (χ1n) is 4.43. The van der Waals surface area contributed by atoms with Crippen LogP contribution >= 0.6 is 23.2 Å². The Morgan fingerprint density at radius 3 is 2.64 bits per heavy atom. The molecule has 0 bridgehead atoms. The van der Waals surface area contributed by atoms with Gasteiger partial charge in [-0.1, -0.05) is 23.2 Å². The third-order valence-corrected chi connectivity index (χ3v) is 2.37. The number of nitrogens with one attached hydrogen (secondary N) is 1. The molecule has 0 saturated heterocycles. The molecule has 0 fully saturated rings. The van der Waals surface area contributed by atoms with Crippen LogP contribution in [0.25, 0.3) is 0 Å². The second kappa shape index (κ2) is 5.44. The maximum Gasteiger partial charge on any atom is 0.0638 e. The summed E-state index contributed by atoms with van der Waals surface area (Å²) >= 11 is 11.8. The molecule has 2 nitrogen and oxygen atoms in total. The van der Waals surface area contributed by atoms with E-state index >= 15 is 0 Å². The van der Waals surface area contributed by atoms with Crippen molar-refractivity contribution in [3.8, 4) is 0 Å². The van der Waals surface area contributed by atoms with Crippen LogP contribution in [0.5, 0.6) is 0 Å². The Morgan fingerprint density at radius 1 is 1.29 bits per heavy atom. The molecule has 0 saturated carbocycles. The van der Waals surface area contributed by atoms with Gasteiger partial charge in [-0.15, -0.1) is 0 Å². The van der Waals surface area contributed by atoms with E-state index in [9.17, 15) is 0 Å². The van der Waals surface area contributed by atoms with Crippen molar-refractivity contribution >= 4 is 28.9 Å². The van der Waals surface area contributed by atoms with Crippen molar-refractivity contribution in [2.45, 2.75) is 0 Å². The Bertz CT molecular complexity index is 300. The quantitative estimate of drug-likeness (QED) is 0.859. The molecule has 1 N–H and O–H groups in total. The average Bonchev–Trinajstić information content (AvgIpc) is 2.10. The predicted octanol–water partition coefficient (Wildman–Crippen LogP) is 2.97. The van der Waals surface area contributed by atoms with E-state index in [1.54, 1.807) is 12.1 Å². The summed E-state index contributed by atoms with van der Waals surface area (Å²) in [4.78, 5) is 2.10. The largest absolute Gasteiger partial charge is 0.383 e. The summed E-state index contributed by atoms with van der Waals surface area (Å²) in [5, 5.41) is 4.63. The fraction of sp³-hybridized carbons (Fsp3) is 0.400. The van der Waals surface area contributed by atoms with Gasteiger partial charge < -0.3 is 10.2 Å². The first-order chi connectivity index (χ1) is 6.59. The molecule has 78 valence electrons. The molecular formula is C10H14Cl2N2. The number of halogens is 2. The van der Waals surface area contributed by atoms with Gasteiger partial charge in [0.1, 0.15) is 0 Å². The zero-order valence-electron chi connectivity index (χ0n) is 8.35. The van der Waals surface area contributed by atoms with Crippen molar-refractivity contribution in [1.82, 2.24) is 4.90 Å². The second-order valence-corrected chi connectivity index (χ2v) is 4.20. The second-order valence-electron chi connectivity index (χ2n) is 3.35. The van der Waals surface area contributed by atoms with Crippen LogP contribution in [0.15, 0.2) is 18.2 Å². The Kier molecular flexibility index (Phi) is 4.52. The molecular weight excluding hydrogens is 219 g/mol. The first kappa shape index (κ1) is 11.6. The molecule has 1 aromatic rings. The molecule has 0 unspecified atom stereocenters. The average molecular weight is 233 g/mol. The number of rotatable bonds is 4. The van der Waals surface area contributed by atoms with Gasteiger partial charge in [-0.25, -0.2) is 0 Å². The normalized spacial score (nSPS) is 10.6. The van der Waals surface area contributed by atoms with E-state index in [4.69, 9.17) is 23.2 Å². The summed E-state index contributed by atoms with van der Waals surface area (Å²) in [5.74, 6) is 0. The Balaban J connectivity index is 2.53. The van der Waals surface area contributed by atoms with Crippen molar-refractivity contribution in [1.29, 1.82) is 0 Å². The van der Waals surface area contributed by atoms with Crippen molar-refractivity contribution in [3.63, 3.8) is 0 Å². The maximum atomic E-state index is 5.98. The van der Waals surface area contributed by atoms with Gasteiger partial charge >= 0.3 is 0 Å². The molecule has 0 spiro atoms. The van der Waals surface area contributed by atoms with Crippen LogP contribution in [0.2, 0.25) is 10.0 Å². The fourth-order valence-corrected chi connectivity index (χ4v) is 1.40. The Labute approximate surface area is 94.8 Å². The number of hydrogen-bond acceptors (Lipinski definition) is 2. The predicted molar refractivity (Wildman–Crippen MR) is 63.5 cm³/mol. The smallest absolute Gasteiger partial charge is 0.0638 e. The van der Waals surface area contributed by atoms with Gasteiger partial charge in [0.05, 0.1) is 10.7 Å². The lowest BCUT2D eigenvalue weighted by Crippen LogP contribution is -2.20. The number of anilines is 1. The molecule has 0 aliphatic heterocycles. The van der Waals surface area contributed by atoms with Crippen molar-refractivity contribution in [2.24, 2.45) is 0 Å². The fourth-order valence-electron chi connectivity index (χ4n) is 1.05. The maximum absolute atomic E-state index is 5.98. The highest BCUT2D eigenvalue weighted by Gasteiger charge is 2.00. The highest BCUT2D eigenvalue weighted by molar-refractivity contribution is 6.35. The van der Waals surface area contributed by atoms with Crippen LogP contribution in [0, 0.1) is 0 Å². The minimum atomic E-state index is 0.696. The van der Waals surface area contributed by atoms with Crippen molar-refractivity contribution in [2.75, 3.05) is 32.5 Å². The third-order valence-electron chi connectivity index (χ3n) is 1.80. The van der Waals surface area contributed by atoms with Gasteiger partial charge in [0.25, 0.3) is 0 Å². The molecule has 4 heteroatoms. The number of likely N-dealkylation sites (N-methyl/N-ethyl adjacent to an activating group) is 1. The van der Waals surface area contributed by atoms with E-state index in [1.807, 2.05) is 20.2 Å². The summed E-state index contributed by atoms with van der Waals surface area (Å²) in [6.07, 6.45) is 0. The van der Waals surface area contributed by atoms with E-state index in [1.165, 1.54) is 0 Å². The van der Waals surface area contributed by atoms with Crippen molar-refractivity contribution in [3.05, 3.63) is 28.2 Å². The molecule has 0 amide bonds. The molecule has 0 radical (unpaired) electrons. The molecule has 1 rings (SSSR count). The van der Waals surface area contributed by atoms with Crippen LogP contribution in [0.4, 0.5) is 5.69 Å². The van der Waals surface area contributed by atoms with E-state index < -0.39 is 0 Å². The van der Waals surface area contributed by atoms with E-state index in [0.29, 0.717) is 10.0 Å². The summed E-state index contributed by atoms with van der Waals surface area (Å²) in [6, 6.07) is 5.41. The standard InChI is InChI=1S/C10H14Cl2N2/c1-14(2)6-5-13-10-7-8(11)3-4-9(10)12/h3-4,7,13H,5-6H2,1-2H3. The molecule has 0 aliphatic rings. The van der Waals surface area contributed by atoms with Crippen LogP contribution < -0.4 is 5.32 Å². The Hall–Kier alpha value is -0.440. The number of hydrogen-bond donors (Lipinski definition) is 1. The molecule has 0 aromatic heterocycles. The van der Waals surface area contributed by atoms with E-state index in [-0.39, 0.29) is 0 Å². The first-order valence-corrected chi connectivity index (χ1v) is 5.19. The minimum Gasteiger partial charge on any atom is -0.383 e. The van der Waals surface area contributed by atoms with Crippen LogP contribution in [-0.4, -0.2) is 32.1 Å². The Morgan fingerprint density at radius 2 is 2.00 bits per heavy atom. The van der Waals surface area contributed by atoms with Gasteiger partial charge in [-0.05, 0) is 32.3 Å². The van der Waals surface area contributed by atoms with Gasteiger partial charge in [0, 0.05) is 18.1 Å². The topological polar surface area (TPSA) is 15.3 Å². The summed E-state index contributed by atoms with van der Waals surface area (Å²) in [6.45, 7) is 1.82. The third kappa shape index (κ3) is 3.74. The van der Waals surface area contributed by atoms with Crippen molar-refractivity contribution < 1.29 is 0 Å². The lowest BCUT2D eigenvalue weighted by molar-refractivity contribution is 0.425. The molecule has 0 atom stereocenters. The zero-order valence-corrected chi connectivity index (χ0v) is 9.86. The number of benzene rings is 1. The van der Waals surface area contributed by atoms with Crippen LogP contribution in [0.3, 0.4) is 0 Å².